The number of rotatable bonds is 8. The summed E-state index contributed by atoms with van der Waals surface area (Å²) in [5, 5.41) is 1.09. The molecule has 9 rings (SSSR count). The second kappa shape index (κ2) is 10.8. The summed E-state index contributed by atoms with van der Waals surface area (Å²) in [6.45, 7) is 3.87. The third-order valence-corrected chi connectivity index (χ3v) is 11.6. The molecule has 3 aliphatic carbocycles. The lowest BCUT2D eigenvalue weighted by atomic mass is 9.96. The standard InChI is InChI=1S/C36H43N7O3/c1-46-30-15-26(36(45)42-20-25-10-11-28(42)31(25)37)13-27-32(30)43(19-22-16-40(17-22)35(44)23-5-2-3-6-23)34(39-27)29-14-24-7-4-12-38-33(24)41(29)18-21-8-9-21/h4,7,12-15,21-23,25,28,31H,2-3,5-6,8-11,16-20,37H2,1H3/t25?,28?,31-/m1/s1. The Balaban J connectivity index is 1.12. The fraction of sp³-hybridized carbons (Fsp3) is 0.556. The van der Waals surface area contributed by atoms with Crippen LogP contribution in [0.3, 0.4) is 0 Å². The molecule has 2 amide bonds. The lowest BCUT2D eigenvalue weighted by molar-refractivity contribution is -0.142. The highest BCUT2D eigenvalue weighted by molar-refractivity contribution is 6.00. The minimum Gasteiger partial charge on any atom is -0.494 e. The summed E-state index contributed by atoms with van der Waals surface area (Å²) in [6.07, 6.45) is 10.8. The molecule has 4 aromatic rings. The number of hydrogen-bond donors (Lipinski definition) is 1. The minimum absolute atomic E-state index is 0.00561. The van der Waals surface area contributed by atoms with Gasteiger partial charge in [-0.1, -0.05) is 12.8 Å². The Bertz CT molecular complexity index is 1840. The van der Waals surface area contributed by atoms with E-state index in [1.54, 1.807) is 7.11 Å². The van der Waals surface area contributed by atoms with Crippen molar-refractivity contribution in [3.8, 4) is 17.3 Å². The Kier molecular flexibility index (Phi) is 6.66. The second-order valence-corrected chi connectivity index (χ2v) is 14.6. The number of nitrogens with two attached hydrogens (primary N) is 1. The number of likely N-dealkylation sites (tertiary alicyclic amines) is 2. The summed E-state index contributed by atoms with van der Waals surface area (Å²) in [6, 6.07) is 10.3. The summed E-state index contributed by atoms with van der Waals surface area (Å²) < 4.78 is 10.7. The van der Waals surface area contributed by atoms with Crippen molar-refractivity contribution in [3.05, 3.63) is 42.1 Å². The maximum atomic E-state index is 13.9. The van der Waals surface area contributed by atoms with Crippen molar-refractivity contribution in [2.45, 2.75) is 76.5 Å². The molecule has 0 spiro atoms. The van der Waals surface area contributed by atoms with E-state index in [2.05, 4.69) is 26.2 Å². The number of imidazole rings is 1. The monoisotopic (exact) mass is 621 g/mol. The van der Waals surface area contributed by atoms with Crippen LogP contribution in [0.5, 0.6) is 5.75 Å². The van der Waals surface area contributed by atoms with Crippen molar-refractivity contribution in [1.29, 1.82) is 0 Å². The molecule has 10 heteroatoms. The highest BCUT2D eigenvalue weighted by atomic mass is 16.5. The van der Waals surface area contributed by atoms with Gasteiger partial charge in [0.2, 0.25) is 5.91 Å². The van der Waals surface area contributed by atoms with Crippen LogP contribution in [-0.2, 0) is 17.9 Å². The molecule has 240 valence electrons. The van der Waals surface area contributed by atoms with Crippen LogP contribution in [0.25, 0.3) is 33.6 Å². The number of aromatic nitrogens is 4. The van der Waals surface area contributed by atoms with Crippen molar-refractivity contribution in [2.75, 3.05) is 26.7 Å². The molecule has 46 heavy (non-hydrogen) atoms. The summed E-state index contributed by atoms with van der Waals surface area (Å²) in [5.41, 5.74) is 10.7. The van der Waals surface area contributed by atoms with Crippen LogP contribution in [0.4, 0.5) is 0 Å². The van der Waals surface area contributed by atoms with Crippen molar-refractivity contribution in [2.24, 2.45) is 29.4 Å². The predicted molar refractivity (Wildman–Crippen MR) is 175 cm³/mol. The Morgan fingerprint density at radius 1 is 0.957 bits per heavy atom. The molecule has 2 unspecified atom stereocenters. The van der Waals surface area contributed by atoms with E-state index in [1.165, 1.54) is 12.8 Å². The van der Waals surface area contributed by atoms with Crippen LogP contribution >= 0.6 is 0 Å². The number of benzene rings is 1. The quantitative estimate of drug-likeness (QED) is 0.306. The molecular formula is C36H43N7O3. The predicted octanol–water partition coefficient (Wildman–Crippen LogP) is 4.68. The molecule has 0 radical (unpaired) electrons. The van der Waals surface area contributed by atoms with Gasteiger partial charge in [-0.3, -0.25) is 9.59 Å². The first-order valence-electron chi connectivity index (χ1n) is 17.3. The summed E-state index contributed by atoms with van der Waals surface area (Å²) in [4.78, 5) is 41.2. The lowest BCUT2D eigenvalue weighted by Gasteiger charge is -2.41. The fourth-order valence-corrected chi connectivity index (χ4v) is 8.90. The molecule has 1 aromatic carbocycles. The average molecular weight is 622 g/mol. The van der Waals surface area contributed by atoms with E-state index in [-0.39, 0.29) is 23.9 Å². The average Bonchev–Trinajstić information content (AvgIpc) is 3.44. The molecule has 10 nitrogen and oxygen atoms in total. The number of hydrogen-bond acceptors (Lipinski definition) is 6. The maximum absolute atomic E-state index is 13.9. The molecule has 2 aliphatic heterocycles. The van der Waals surface area contributed by atoms with Gasteiger partial charge in [0.15, 0.2) is 5.82 Å². The Labute approximate surface area is 268 Å². The molecule has 5 heterocycles. The van der Waals surface area contributed by atoms with Crippen LogP contribution in [0, 0.1) is 23.7 Å². The van der Waals surface area contributed by atoms with E-state index >= 15 is 0 Å². The molecule has 2 N–H and O–H groups in total. The molecular weight excluding hydrogens is 578 g/mol. The zero-order chi connectivity index (χ0) is 31.1. The topological polar surface area (TPSA) is 112 Å². The van der Waals surface area contributed by atoms with Crippen molar-refractivity contribution in [3.63, 3.8) is 0 Å². The van der Waals surface area contributed by atoms with Gasteiger partial charge in [-0.05, 0) is 80.7 Å². The Hall–Kier alpha value is -3.92. The van der Waals surface area contributed by atoms with Crippen molar-refractivity contribution < 1.29 is 14.3 Å². The van der Waals surface area contributed by atoms with E-state index in [0.29, 0.717) is 41.5 Å². The van der Waals surface area contributed by atoms with Gasteiger partial charge < -0.3 is 29.4 Å². The van der Waals surface area contributed by atoms with Gasteiger partial charge in [0.1, 0.15) is 16.9 Å². The van der Waals surface area contributed by atoms with E-state index in [1.807, 2.05) is 29.3 Å². The van der Waals surface area contributed by atoms with Crippen molar-refractivity contribution >= 4 is 33.9 Å². The van der Waals surface area contributed by atoms with Crippen molar-refractivity contribution in [1.82, 2.24) is 28.9 Å². The zero-order valence-electron chi connectivity index (χ0n) is 26.6. The van der Waals surface area contributed by atoms with E-state index < -0.39 is 0 Å². The van der Waals surface area contributed by atoms with Crippen LogP contribution < -0.4 is 10.5 Å². The molecule has 2 saturated heterocycles. The smallest absolute Gasteiger partial charge is 0.254 e. The molecule has 3 aromatic heterocycles. The first-order valence-corrected chi connectivity index (χ1v) is 17.3. The van der Waals surface area contributed by atoms with Gasteiger partial charge in [0.25, 0.3) is 5.91 Å². The minimum atomic E-state index is 0.00561. The van der Waals surface area contributed by atoms with Gasteiger partial charge in [0.05, 0.1) is 18.3 Å². The first-order chi connectivity index (χ1) is 22.5. The Morgan fingerprint density at radius 3 is 2.48 bits per heavy atom. The van der Waals surface area contributed by atoms with E-state index in [9.17, 15) is 9.59 Å². The number of piperidine rings is 1. The molecule has 3 atom stereocenters. The zero-order valence-corrected chi connectivity index (χ0v) is 26.6. The van der Waals surface area contributed by atoms with Gasteiger partial charge in [0, 0.05) is 73.8 Å². The van der Waals surface area contributed by atoms with Gasteiger partial charge in [-0.25, -0.2) is 9.97 Å². The van der Waals surface area contributed by atoms with E-state index in [4.69, 9.17) is 20.4 Å². The van der Waals surface area contributed by atoms with Gasteiger partial charge >= 0.3 is 0 Å². The molecule has 5 fully saturated rings. The number of carbonyl (C=O) groups is 2. The van der Waals surface area contributed by atoms with Crippen LogP contribution in [0.2, 0.25) is 0 Å². The Morgan fingerprint density at radius 2 is 1.76 bits per heavy atom. The number of methoxy groups -OCH3 is 1. The van der Waals surface area contributed by atoms with Gasteiger partial charge in [-0.2, -0.15) is 0 Å². The number of amides is 2. The first kappa shape index (κ1) is 28.3. The summed E-state index contributed by atoms with van der Waals surface area (Å²) >= 11 is 0. The summed E-state index contributed by atoms with van der Waals surface area (Å²) in [5.74, 6) is 3.39. The number of nitrogens with zero attached hydrogens (tertiary/aromatic N) is 6. The lowest BCUT2D eigenvalue weighted by Crippen LogP contribution is -2.53. The third-order valence-electron chi connectivity index (χ3n) is 11.6. The number of pyridine rings is 1. The molecule has 2 bridgehead atoms. The molecule has 3 saturated carbocycles. The number of ether oxygens (including phenoxy) is 1. The fourth-order valence-electron chi connectivity index (χ4n) is 8.90. The third kappa shape index (κ3) is 4.54. The highest BCUT2D eigenvalue weighted by Crippen LogP contribution is 2.41. The van der Waals surface area contributed by atoms with Crippen LogP contribution in [-0.4, -0.2) is 79.5 Å². The molecule has 5 aliphatic rings. The summed E-state index contributed by atoms with van der Waals surface area (Å²) in [7, 11) is 1.67. The SMILES string of the molecule is COc1cc(C(=O)N2CC3CCC2[C@@H]3N)cc2nc(-c3cc4cccnc4n3CC3CC3)n(CC3CN(C(=O)C4CCCC4)C3)c12. The van der Waals surface area contributed by atoms with Crippen LogP contribution in [0.15, 0.2) is 36.5 Å². The van der Waals surface area contributed by atoms with Gasteiger partial charge in [-0.15, -0.1) is 0 Å². The van der Waals surface area contributed by atoms with Crippen LogP contribution in [0.1, 0.15) is 61.7 Å². The van der Waals surface area contributed by atoms with E-state index in [0.717, 1.165) is 98.3 Å². The highest BCUT2D eigenvalue weighted by Gasteiger charge is 2.47. The number of carbonyl (C=O) groups excluding carboxylic acids is 2. The maximum Gasteiger partial charge on any atom is 0.254 e. The largest absolute Gasteiger partial charge is 0.494 e. The normalized spacial score (nSPS) is 24.9. The second-order valence-electron chi connectivity index (χ2n) is 14.6. The number of fused-ring (bicyclic) bond motifs is 4.